The zero-order valence-electron chi connectivity index (χ0n) is 11.2. The summed E-state index contributed by atoms with van der Waals surface area (Å²) in [4.78, 5) is 2.57. The number of piperidine rings is 1. The maximum absolute atomic E-state index is 5.81. The maximum Gasteiger partial charge on any atom is 0.120 e. The number of hydrogen-bond acceptors (Lipinski definition) is 2. The van der Waals surface area contributed by atoms with E-state index in [1.807, 2.05) is 24.3 Å². The molecule has 2 nitrogen and oxygen atoms in total. The van der Waals surface area contributed by atoms with Crippen molar-refractivity contribution in [2.24, 2.45) is 0 Å². The minimum Gasteiger partial charge on any atom is -0.492 e. The topological polar surface area (TPSA) is 12.5 Å². The average Bonchev–Trinajstić information content (AvgIpc) is 2.33. The summed E-state index contributed by atoms with van der Waals surface area (Å²) in [6.07, 6.45) is 4.01. The molecule has 0 unspecified atom stereocenters. The Bertz CT molecular complexity index is 373. The molecule has 0 amide bonds. The van der Waals surface area contributed by atoms with Crippen LogP contribution in [0.1, 0.15) is 33.1 Å². The standard InChI is InChI=1S/C15H22BrNO/c1-12-5-3-6-13(2)17(12)9-10-18-15-8-4-7-14(16)11-15/h4,7-8,11-13H,3,5-6,9-10H2,1-2H3/t12-,13+. The van der Waals surface area contributed by atoms with Crippen molar-refractivity contribution in [3.05, 3.63) is 28.7 Å². The molecule has 0 aromatic heterocycles. The van der Waals surface area contributed by atoms with E-state index in [-0.39, 0.29) is 0 Å². The SMILES string of the molecule is C[C@@H]1CCC[C@H](C)N1CCOc1cccc(Br)c1. The van der Waals surface area contributed by atoms with E-state index in [0.717, 1.165) is 23.4 Å². The molecule has 0 bridgehead atoms. The van der Waals surface area contributed by atoms with Gasteiger partial charge in [-0.2, -0.15) is 0 Å². The minimum absolute atomic E-state index is 0.694. The summed E-state index contributed by atoms with van der Waals surface area (Å²) in [5, 5.41) is 0. The molecule has 0 N–H and O–H groups in total. The third-order valence-electron chi connectivity index (χ3n) is 3.79. The van der Waals surface area contributed by atoms with Crippen LogP contribution in [0.15, 0.2) is 28.7 Å². The summed E-state index contributed by atoms with van der Waals surface area (Å²) in [5.74, 6) is 0.946. The van der Waals surface area contributed by atoms with Crippen molar-refractivity contribution in [2.75, 3.05) is 13.2 Å². The largest absolute Gasteiger partial charge is 0.492 e. The first-order valence-electron chi connectivity index (χ1n) is 6.81. The van der Waals surface area contributed by atoms with Gasteiger partial charge in [0.25, 0.3) is 0 Å². The van der Waals surface area contributed by atoms with Crippen LogP contribution in [0.3, 0.4) is 0 Å². The second-order valence-corrected chi connectivity index (χ2v) is 6.09. The normalized spacial score (nSPS) is 25.1. The number of rotatable bonds is 4. The summed E-state index contributed by atoms with van der Waals surface area (Å²) in [6, 6.07) is 9.43. The fourth-order valence-electron chi connectivity index (χ4n) is 2.74. The number of benzene rings is 1. The number of ether oxygens (including phenoxy) is 1. The monoisotopic (exact) mass is 311 g/mol. The van der Waals surface area contributed by atoms with Gasteiger partial charge in [0.05, 0.1) is 0 Å². The lowest BCUT2D eigenvalue weighted by Crippen LogP contribution is -2.45. The molecule has 100 valence electrons. The molecule has 0 saturated carbocycles. The smallest absolute Gasteiger partial charge is 0.120 e. The molecular formula is C15H22BrNO. The highest BCUT2D eigenvalue weighted by atomic mass is 79.9. The number of nitrogens with zero attached hydrogens (tertiary/aromatic N) is 1. The van der Waals surface area contributed by atoms with E-state index in [1.165, 1.54) is 19.3 Å². The molecule has 0 radical (unpaired) electrons. The van der Waals surface area contributed by atoms with Gasteiger partial charge in [0.1, 0.15) is 12.4 Å². The highest BCUT2D eigenvalue weighted by molar-refractivity contribution is 9.10. The fraction of sp³-hybridized carbons (Fsp3) is 0.600. The molecule has 1 aliphatic heterocycles. The summed E-state index contributed by atoms with van der Waals surface area (Å²) in [7, 11) is 0. The number of hydrogen-bond donors (Lipinski definition) is 0. The van der Waals surface area contributed by atoms with E-state index in [0.29, 0.717) is 12.1 Å². The van der Waals surface area contributed by atoms with Crippen LogP contribution in [0.25, 0.3) is 0 Å². The zero-order chi connectivity index (χ0) is 13.0. The third-order valence-corrected chi connectivity index (χ3v) is 4.28. The highest BCUT2D eigenvalue weighted by Gasteiger charge is 2.23. The molecule has 18 heavy (non-hydrogen) atoms. The van der Waals surface area contributed by atoms with Crippen molar-refractivity contribution in [3.63, 3.8) is 0 Å². The summed E-state index contributed by atoms with van der Waals surface area (Å²) < 4.78 is 6.88. The second kappa shape index (κ2) is 6.58. The lowest BCUT2D eigenvalue weighted by Gasteiger charge is -2.38. The Morgan fingerprint density at radius 2 is 2.00 bits per heavy atom. The van der Waals surface area contributed by atoms with Gasteiger partial charge in [-0.05, 0) is 44.9 Å². The van der Waals surface area contributed by atoms with Crippen LogP contribution in [0.4, 0.5) is 0 Å². The van der Waals surface area contributed by atoms with Crippen LogP contribution >= 0.6 is 15.9 Å². The quantitative estimate of drug-likeness (QED) is 0.830. The first-order chi connectivity index (χ1) is 8.66. The lowest BCUT2D eigenvalue weighted by atomic mass is 9.98. The van der Waals surface area contributed by atoms with E-state index in [4.69, 9.17) is 4.74 Å². The highest BCUT2D eigenvalue weighted by Crippen LogP contribution is 2.22. The van der Waals surface area contributed by atoms with Crippen LogP contribution in [-0.4, -0.2) is 30.1 Å². The van der Waals surface area contributed by atoms with Gasteiger partial charge in [-0.25, -0.2) is 0 Å². The van der Waals surface area contributed by atoms with Crippen LogP contribution < -0.4 is 4.74 Å². The Labute approximate surface area is 118 Å². The Kier molecular flexibility index (Phi) is 5.07. The number of likely N-dealkylation sites (tertiary alicyclic amines) is 1. The summed E-state index contributed by atoms with van der Waals surface area (Å²) >= 11 is 3.46. The van der Waals surface area contributed by atoms with Crippen molar-refractivity contribution in [3.8, 4) is 5.75 Å². The second-order valence-electron chi connectivity index (χ2n) is 5.17. The van der Waals surface area contributed by atoms with Crippen LogP contribution in [0.2, 0.25) is 0 Å². The van der Waals surface area contributed by atoms with Gasteiger partial charge >= 0.3 is 0 Å². The van der Waals surface area contributed by atoms with E-state index in [2.05, 4.69) is 34.7 Å². The van der Waals surface area contributed by atoms with Crippen molar-refractivity contribution in [2.45, 2.75) is 45.2 Å². The molecule has 2 rings (SSSR count). The molecule has 1 aromatic carbocycles. The predicted octanol–water partition coefficient (Wildman–Crippen LogP) is 4.09. The lowest BCUT2D eigenvalue weighted by molar-refractivity contribution is 0.0851. The van der Waals surface area contributed by atoms with Gasteiger partial charge < -0.3 is 4.74 Å². The summed E-state index contributed by atoms with van der Waals surface area (Å²) in [5.41, 5.74) is 0. The molecule has 1 fully saturated rings. The van der Waals surface area contributed by atoms with Crippen LogP contribution in [0, 0.1) is 0 Å². The van der Waals surface area contributed by atoms with Gasteiger partial charge in [-0.1, -0.05) is 28.4 Å². The van der Waals surface area contributed by atoms with E-state index < -0.39 is 0 Å². The molecule has 1 aliphatic rings. The summed E-state index contributed by atoms with van der Waals surface area (Å²) in [6.45, 7) is 6.45. The molecule has 0 aliphatic carbocycles. The minimum atomic E-state index is 0.694. The van der Waals surface area contributed by atoms with E-state index >= 15 is 0 Å². The Hall–Kier alpha value is -0.540. The van der Waals surface area contributed by atoms with Crippen LogP contribution in [0.5, 0.6) is 5.75 Å². The van der Waals surface area contributed by atoms with Gasteiger partial charge in [0.15, 0.2) is 0 Å². The van der Waals surface area contributed by atoms with E-state index in [1.54, 1.807) is 0 Å². The first-order valence-corrected chi connectivity index (χ1v) is 7.60. The third kappa shape index (κ3) is 3.72. The zero-order valence-corrected chi connectivity index (χ0v) is 12.8. The molecule has 1 saturated heterocycles. The first kappa shape index (κ1) is 13.9. The van der Waals surface area contributed by atoms with Gasteiger partial charge in [0.2, 0.25) is 0 Å². The van der Waals surface area contributed by atoms with Crippen molar-refractivity contribution in [1.82, 2.24) is 4.90 Å². The molecule has 2 atom stereocenters. The van der Waals surface area contributed by atoms with Crippen molar-refractivity contribution in [1.29, 1.82) is 0 Å². The van der Waals surface area contributed by atoms with Gasteiger partial charge in [-0.3, -0.25) is 4.90 Å². The van der Waals surface area contributed by atoms with Crippen molar-refractivity contribution >= 4 is 15.9 Å². The predicted molar refractivity (Wildman–Crippen MR) is 79.1 cm³/mol. The number of halogens is 1. The fourth-order valence-corrected chi connectivity index (χ4v) is 3.12. The molecule has 0 spiro atoms. The molecule has 1 aromatic rings. The Morgan fingerprint density at radius 3 is 2.67 bits per heavy atom. The van der Waals surface area contributed by atoms with Gasteiger partial charge in [-0.15, -0.1) is 0 Å². The molecule has 3 heteroatoms. The molecular weight excluding hydrogens is 290 g/mol. The Morgan fingerprint density at radius 1 is 1.28 bits per heavy atom. The van der Waals surface area contributed by atoms with Crippen LogP contribution in [-0.2, 0) is 0 Å². The average molecular weight is 312 g/mol. The van der Waals surface area contributed by atoms with Crippen molar-refractivity contribution < 1.29 is 4.74 Å². The van der Waals surface area contributed by atoms with Gasteiger partial charge in [0, 0.05) is 23.1 Å². The Balaban J connectivity index is 1.81. The van der Waals surface area contributed by atoms with E-state index in [9.17, 15) is 0 Å². The molecule has 1 heterocycles. The maximum atomic E-state index is 5.81.